The number of anilines is 1. The zero-order valence-corrected chi connectivity index (χ0v) is 16.2. The Labute approximate surface area is 167 Å². The minimum absolute atomic E-state index is 0.150. The monoisotopic (exact) mass is 406 g/mol. The first kappa shape index (κ1) is 21.4. The molecule has 0 aliphatic carbocycles. The van der Waals surface area contributed by atoms with Gasteiger partial charge in [0.25, 0.3) is 0 Å². The van der Waals surface area contributed by atoms with Crippen molar-refractivity contribution in [3.05, 3.63) is 64.4 Å². The second-order valence-corrected chi connectivity index (χ2v) is 6.41. The smallest absolute Gasteiger partial charge is 0.313 e. The minimum atomic E-state index is -1.08. The first-order valence-electron chi connectivity index (χ1n) is 8.59. The number of halogens is 2. The van der Waals surface area contributed by atoms with E-state index in [9.17, 15) is 18.8 Å². The highest BCUT2D eigenvalue weighted by molar-refractivity contribution is 6.40. The fraction of sp³-hybridized carbons (Fsp3) is 0.250. The molecule has 6 nitrogen and oxygen atoms in total. The van der Waals surface area contributed by atoms with Gasteiger partial charge in [-0.3, -0.25) is 14.4 Å². The van der Waals surface area contributed by atoms with Gasteiger partial charge in [0.15, 0.2) is 0 Å². The van der Waals surface area contributed by atoms with E-state index >= 15 is 0 Å². The Bertz CT molecular complexity index is 888. The maximum Gasteiger partial charge on any atom is 0.313 e. The summed E-state index contributed by atoms with van der Waals surface area (Å²) in [4.78, 5) is 36.5. The second-order valence-electron chi connectivity index (χ2n) is 5.97. The van der Waals surface area contributed by atoms with Crippen LogP contribution < -0.4 is 10.6 Å². The Hall–Kier alpha value is -2.93. The standard InChI is InChI=1S/C20H20ClFN2O4/c1-3-28-18(25)11-16(14-7-5-4-6-12(14)2)23-19(26)20(27)24-17-10-13(21)8-9-15(17)22/h4-10,16H,3,11H2,1-2H3,(H,23,26)(H,24,27)/t16-/m0/s1. The van der Waals surface area contributed by atoms with Crippen molar-refractivity contribution in [2.24, 2.45) is 0 Å². The molecule has 1 atom stereocenters. The van der Waals surface area contributed by atoms with Crippen molar-refractivity contribution in [3.8, 4) is 0 Å². The van der Waals surface area contributed by atoms with E-state index in [0.717, 1.165) is 11.6 Å². The topological polar surface area (TPSA) is 84.5 Å². The van der Waals surface area contributed by atoms with Crippen molar-refractivity contribution in [1.29, 1.82) is 0 Å². The Morgan fingerprint density at radius 2 is 1.86 bits per heavy atom. The van der Waals surface area contributed by atoms with E-state index in [0.29, 0.717) is 5.56 Å². The van der Waals surface area contributed by atoms with Gasteiger partial charge >= 0.3 is 17.8 Å². The van der Waals surface area contributed by atoms with Crippen molar-refractivity contribution >= 4 is 35.1 Å². The van der Waals surface area contributed by atoms with Crippen molar-refractivity contribution in [3.63, 3.8) is 0 Å². The van der Waals surface area contributed by atoms with E-state index in [1.165, 1.54) is 12.1 Å². The maximum absolute atomic E-state index is 13.8. The summed E-state index contributed by atoms with van der Waals surface area (Å²) in [5, 5.41) is 4.89. The predicted molar refractivity (Wildman–Crippen MR) is 103 cm³/mol. The molecule has 2 aromatic rings. The molecule has 0 aliphatic heterocycles. The van der Waals surface area contributed by atoms with Gasteiger partial charge in [-0.1, -0.05) is 35.9 Å². The SMILES string of the molecule is CCOC(=O)C[C@H](NC(=O)C(=O)Nc1cc(Cl)ccc1F)c1ccccc1C. The van der Waals surface area contributed by atoms with Crippen LogP contribution in [0.15, 0.2) is 42.5 Å². The van der Waals surface area contributed by atoms with Gasteiger partial charge in [-0.25, -0.2) is 4.39 Å². The van der Waals surface area contributed by atoms with Crippen LogP contribution in [0.2, 0.25) is 5.02 Å². The minimum Gasteiger partial charge on any atom is -0.466 e. The molecule has 148 valence electrons. The molecule has 0 heterocycles. The van der Waals surface area contributed by atoms with Crippen LogP contribution in [0.4, 0.5) is 10.1 Å². The summed E-state index contributed by atoms with van der Waals surface area (Å²) in [6.45, 7) is 3.69. The lowest BCUT2D eigenvalue weighted by molar-refractivity contribution is -0.144. The zero-order chi connectivity index (χ0) is 20.7. The Morgan fingerprint density at radius 3 is 2.54 bits per heavy atom. The van der Waals surface area contributed by atoms with Gasteiger partial charge in [0, 0.05) is 5.02 Å². The van der Waals surface area contributed by atoms with Crippen LogP contribution >= 0.6 is 11.6 Å². The van der Waals surface area contributed by atoms with Crippen LogP contribution in [-0.2, 0) is 19.1 Å². The average Bonchev–Trinajstić information content (AvgIpc) is 2.64. The molecule has 2 aromatic carbocycles. The fourth-order valence-corrected chi connectivity index (χ4v) is 2.77. The number of benzene rings is 2. The van der Waals surface area contributed by atoms with Crippen LogP contribution in [0, 0.1) is 12.7 Å². The van der Waals surface area contributed by atoms with Crippen LogP contribution in [0.1, 0.15) is 30.5 Å². The van der Waals surface area contributed by atoms with Gasteiger partial charge in [0.1, 0.15) is 5.82 Å². The highest BCUT2D eigenvalue weighted by Gasteiger charge is 2.24. The Morgan fingerprint density at radius 1 is 1.14 bits per heavy atom. The summed E-state index contributed by atoms with van der Waals surface area (Å²) < 4.78 is 18.7. The molecule has 8 heteroatoms. The highest BCUT2D eigenvalue weighted by Crippen LogP contribution is 2.22. The maximum atomic E-state index is 13.8. The Balaban J connectivity index is 2.16. The molecular formula is C20H20ClFN2O4. The molecular weight excluding hydrogens is 387 g/mol. The largest absolute Gasteiger partial charge is 0.466 e. The molecule has 2 N–H and O–H groups in total. The number of esters is 1. The molecule has 0 aliphatic rings. The fourth-order valence-electron chi connectivity index (χ4n) is 2.60. The first-order chi connectivity index (χ1) is 13.3. The van der Waals surface area contributed by atoms with Gasteiger partial charge < -0.3 is 15.4 Å². The summed E-state index contributed by atoms with van der Waals surface area (Å²) in [5.41, 5.74) is 1.29. The van der Waals surface area contributed by atoms with Gasteiger partial charge in [0.2, 0.25) is 0 Å². The third-order valence-corrected chi connectivity index (χ3v) is 4.16. The van der Waals surface area contributed by atoms with Gasteiger partial charge in [-0.2, -0.15) is 0 Å². The number of aryl methyl sites for hydroxylation is 1. The quantitative estimate of drug-likeness (QED) is 0.567. The number of nitrogens with one attached hydrogen (secondary N) is 2. The molecule has 0 saturated heterocycles. The number of amides is 2. The molecule has 0 fully saturated rings. The zero-order valence-electron chi connectivity index (χ0n) is 15.4. The van der Waals surface area contributed by atoms with Crippen molar-refractivity contribution in [2.75, 3.05) is 11.9 Å². The summed E-state index contributed by atoms with van der Waals surface area (Å²) in [6.07, 6.45) is -0.150. The molecule has 2 amide bonds. The third-order valence-electron chi connectivity index (χ3n) is 3.93. The van der Waals surface area contributed by atoms with E-state index in [1.54, 1.807) is 19.1 Å². The lowest BCUT2D eigenvalue weighted by Gasteiger charge is -2.20. The lowest BCUT2D eigenvalue weighted by atomic mass is 9.98. The van der Waals surface area contributed by atoms with Crippen molar-refractivity contribution in [2.45, 2.75) is 26.3 Å². The summed E-state index contributed by atoms with van der Waals surface area (Å²) in [7, 11) is 0. The van der Waals surface area contributed by atoms with Gasteiger partial charge in [-0.15, -0.1) is 0 Å². The number of hydrogen-bond donors (Lipinski definition) is 2. The summed E-state index contributed by atoms with van der Waals surface area (Å²) >= 11 is 5.78. The molecule has 0 radical (unpaired) electrons. The second kappa shape index (κ2) is 9.85. The number of carbonyl (C=O) groups excluding carboxylic acids is 3. The summed E-state index contributed by atoms with van der Waals surface area (Å²) in [5.74, 6) is -3.34. The molecule has 0 bridgehead atoms. The number of ether oxygens (including phenoxy) is 1. The van der Waals surface area contributed by atoms with Crippen LogP contribution in [0.5, 0.6) is 0 Å². The number of carbonyl (C=O) groups is 3. The van der Waals surface area contributed by atoms with Crippen molar-refractivity contribution in [1.82, 2.24) is 5.32 Å². The Kier molecular flexibility index (Phi) is 7.52. The van der Waals surface area contributed by atoms with Gasteiger partial charge in [-0.05, 0) is 43.2 Å². The summed E-state index contributed by atoms with van der Waals surface area (Å²) in [6, 6.07) is 9.95. The van der Waals surface area contributed by atoms with E-state index in [1.807, 2.05) is 19.1 Å². The molecule has 0 spiro atoms. The molecule has 2 rings (SSSR count). The van der Waals surface area contributed by atoms with E-state index < -0.39 is 29.6 Å². The molecule has 0 unspecified atom stereocenters. The number of hydrogen-bond acceptors (Lipinski definition) is 4. The highest BCUT2D eigenvalue weighted by atomic mass is 35.5. The van der Waals surface area contributed by atoms with Crippen molar-refractivity contribution < 1.29 is 23.5 Å². The number of rotatable bonds is 6. The van der Waals surface area contributed by atoms with E-state index in [4.69, 9.17) is 16.3 Å². The molecule has 0 saturated carbocycles. The van der Waals surface area contributed by atoms with Crippen LogP contribution in [0.3, 0.4) is 0 Å². The van der Waals surface area contributed by atoms with Crippen LogP contribution in [-0.4, -0.2) is 24.4 Å². The molecule has 0 aromatic heterocycles. The lowest BCUT2D eigenvalue weighted by Crippen LogP contribution is -2.39. The average molecular weight is 407 g/mol. The van der Waals surface area contributed by atoms with E-state index in [2.05, 4.69) is 10.6 Å². The first-order valence-corrected chi connectivity index (χ1v) is 8.97. The predicted octanol–water partition coefficient (Wildman–Crippen LogP) is 3.54. The van der Waals surface area contributed by atoms with Crippen LogP contribution in [0.25, 0.3) is 0 Å². The molecule has 28 heavy (non-hydrogen) atoms. The normalized spacial score (nSPS) is 11.4. The van der Waals surface area contributed by atoms with Gasteiger partial charge in [0.05, 0.1) is 24.8 Å². The van der Waals surface area contributed by atoms with E-state index in [-0.39, 0.29) is 23.7 Å². The third kappa shape index (κ3) is 5.79.